The van der Waals surface area contributed by atoms with Crippen molar-refractivity contribution in [1.29, 1.82) is 0 Å². The minimum Gasteiger partial charge on any atom is -0.507 e. The Balaban J connectivity index is 1.27. The quantitative estimate of drug-likeness (QED) is 0.226. The molecule has 2 aromatic carbocycles. The van der Waals surface area contributed by atoms with E-state index in [9.17, 15) is 34.5 Å². The molecule has 2 aromatic rings. The van der Waals surface area contributed by atoms with Crippen LogP contribution in [0.4, 0.5) is 0 Å². The number of benzene rings is 2. The molecule has 0 amide bonds. The van der Waals surface area contributed by atoms with Gasteiger partial charge in [0, 0.05) is 55.6 Å². The predicted molar refractivity (Wildman–Crippen MR) is 168 cm³/mol. The van der Waals surface area contributed by atoms with Crippen LogP contribution in [0.2, 0.25) is 0 Å². The molecule has 268 valence electrons. The van der Waals surface area contributed by atoms with Crippen LogP contribution in [0.3, 0.4) is 0 Å². The maximum atomic E-state index is 14.0. The molecule has 2 aliphatic carbocycles. The molecule has 3 saturated heterocycles. The number of fused-ring (bicyclic) bond motifs is 6. The molecule has 5 aliphatic rings. The van der Waals surface area contributed by atoms with Gasteiger partial charge in [-0.25, -0.2) is 0 Å². The molecule has 0 saturated carbocycles. The van der Waals surface area contributed by atoms with Crippen molar-refractivity contribution in [3.8, 4) is 17.2 Å². The first kappa shape index (κ1) is 34.5. The zero-order chi connectivity index (χ0) is 35.6. The number of hydrogen-bond donors (Lipinski definition) is 3. The topological polar surface area (TPSA) is 197 Å². The summed E-state index contributed by atoms with van der Waals surface area (Å²) in [6.07, 6.45) is -4.42. The fourth-order valence-electron chi connectivity index (χ4n) is 7.67. The van der Waals surface area contributed by atoms with Crippen molar-refractivity contribution >= 4 is 23.3 Å². The Morgan fingerprint density at radius 2 is 1.82 bits per heavy atom. The summed E-state index contributed by atoms with van der Waals surface area (Å²) in [5.74, 6) is -4.80. The lowest BCUT2D eigenvalue weighted by Gasteiger charge is -2.42. The number of esters is 1. The average molecular weight is 698 g/mol. The fourth-order valence-corrected chi connectivity index (χ4v) is 7.67. The molecule has 7 atom stereocenters. The van der Waals surface area contributed by atoms with E-state index in [0.717, 1.165) is 0 Å². The zero-order valence-electron chi connectivity index (χ0n) is 28.0. The first-order chi connectivity index (χ1) is 23.9. The minimum absolute atomic E-state index is 0.0480. The molecule has 3 heterocycles. The van der Waals surface area contributed by atoms with Crippen molar-refractivity contribution in [2.45, 2.75) is 75.8 Å². The molecular weight excluding hydrogens is 658 g/mol. The Morgan fingerprint density at radius 1 is 1.06 bits per heavy atom. The van der Waals surface area contributed by atoms with E-state index in [1.807, 2.05) is 0 Å². The highest BCUT2D eigenvalue weighted by Gasteiger charge is 2.53. The maximum absolute atomic E-state index is 14.0. The lowest BCUT2D eigenvalue weighted by atomic mass is 9.72. The molecule has 3 N–H and O–H groups in total. The van der Waals surface area contributed by atoms with Gasteiger partial charge in [0.25, 0.3) is 0 Å². The van der Waals surface area contributed by atoms with Crippen molar-refractivity contribution in [3.63, 3.8) is 0 Å². The standard InChI is InChI=1S/C35H39NO14/c1-15(2)33(42)48-14-22(37)35(43)11-17-25(31(41)27-26(29(17)39)28(38)16-6-5-7-19(44-3)24(16)30(27)40)20(12-35)49-23-10-18-21(13-47-23)50-32-34(45-4)46-9-8-36(18)32/h5-7,15,18,20-21,23,32,34,39,41,43H,8-14H2,1-4H3/t18-,20-,21+,23-,32+,34-,35-/m0/s1. The van der Waals surface area contributed by atoms with E-state index in [-0.39, 0.29) is 53.2 Å². The van der Waals surface area contributed by atoms with E-state index < -0.39 is 102 Å². The van der Waals surface area contributed by atoms with E-state index >= 15 is 0 Å². The molecule has 0 unspecified atom stereocenters. The van der Waals surface area contributed by atoms with Crippen LogP contribution in [0.1, 0.15) is 75.8 Å². The number of aromatic hydroxyl groups is 2. The minimum atomic E-state index is -2.27. The van der Waals surface area contributed by atoms with Crippen LogP contribution in [-0.4, -0.2) is 121 Å². The molecule has 7 rings (SSSR count). The third-order valence-corrected chi connectivity index (χ3v) is 10.2. The van der Waals surface area contributed by atoms with Crippen LogP contribution in [0, 0.1) is 5.92 Å². The number of aliphatic hydroxyl groups is 1. The highest BCUT2D eigenvalue weighted by atomic mass is 16.7. The van der Waals surface area contributed by atoms with Gasteiger partial charge in [-0.2, -0.15) is 0 Å². The van der Waals surface area contributed by atoms with Crippen LogP contribution >= 0.6 is 0 Å². The number of phenols is 2. The molecule has 0 radical (unpaired) electrons. The van der Waals surface area contributed by atoms with Crippen molar-refractivity contribution in [2.24, 2.45) is 5.92 Å². The molecule has 50 heavy (non-hydrogen) atoms. The van der Waals surface area contributed by atoms with Gasteiger partial charge in [0.2, 0.25) is 11.6 Å². The Kier molecular flexibility index (Phi) is 8.95. The Bertz CT molecular complexity index is 1760. The molecule has 0 spiro atoms. The Labute approximate surface area is 286 Å². The number of ketones is 3. The van der Waals surface area contributed by atoms with Gasteiger partial charge in [-0.1, -0.05) is 26.0 Å². The van der Waals surface area contributed by atoms with Crippen molar-refractivity contribution in [2.75, 3.05) is 40.6 Å². The lowest BCUT2D eigenvalue weighted by molar-refractivity contribution is -0.246. The number of phenolic OH excluding ortho intramolecular Hbond substituents is 2. The number of carbonyl (C=O) groups is 4. The van der Waals surface area contributed by atoms with Gasteiger partial charge >= 0.3 is 5.97 Å². The van der Waals surface area contributed by atoms with Gasteiger partial charge in [-0.05, 0) is 6.07 Å². The normalized spacial score (nSPS) is 30.2. The molecule has 3 fully saturated rings. The number of rotatable bonds is 8. The fraction of sp³-hybridized carbons (Fsp3) is 0.543. The van der Waals surface area contributed by atoms with Gasteiger partial charge in [-0.3, -0.25) is 24.1 Å². The van der Waals surface area contributed by atoms with E-state index in [4.69, 9.17) is 33.2 Å². The number of nitrogens with zero attached hydrogens (tertiary/aromatic N) is 1. The third kappa shape index (κ3) is 5.48. The summed E-state index contributed by atoms with van der Waals surface area (Å²) in [4.78, 5) is 55.7. The molecule has 0 aromatic heterocycles. The summed E-state index contributed by atoms with van der Waals surface area (Å²) in [5.41, 5.74) is -3.56. The van der Waals surface area contributed by atoms with E-state index in [1.165, 1.54) is 32.4 Å². The van der Waals surface area contributed by atoms with Gasteiger partial charge in [-0.15, -0.1) is 0 Å². The molecule has 3 aliphatic heterocycles. The van der Waals surface area contributed by atoms with Crippen molar-refractivity contribution in [1.82, 2.24) is 4.90 Å². The first-order valence-corrected chi connectivity index (χ1v) is 16.5. The number of Topliss-reactive ketones (excluding diaryl/α,β-unsaturated/α-hetero) is 1. The van der Waals surface area contributed by atoms with Gasteiger partial charge in [0.15, 0.2) is 31.2 Å². The summed E-state index contributed by atoms with van der Waals surface area (Å²) in [5, 5.41) is 35.5. The number of hydrogen-bond acceptors (Lipinski definition) is 15. The number of morpholine rings is 1. The molecular formula is C35H39NO14. The van der Waals surface area contributed by atoms with Gasteiger partial charge < -0.3 is 48.5 Å². The molecule has 15 heteroatoms. The van der Waals surface area contributed by atoms with Gasteiger partial charge in [0.1, 0.15) is 22.8 Å². The molecule has 0 bridgehead atoms. The summed E-state index contributed by atoms with van der Waals surface area (Å²) in [7, 11) is 2.87. The second kappa shape index (κ2) is 13.0. The SMILES string of the molecule is COc1cccc2c1C(=O)c1c(O)c3c(c(O)c1C2=O)C[C@@](O)(C(=O)COC(=O)C(C)C)C[C@@H]3O[C@H]1C[C@H]2[C@@H](CO1)O[C@@H]1[C@@H](OC)OCCN12. The average Bonchev–Trinajstić information content (AvgIpc) is 3.48. The smallest absolute Gasteiger partial charge is 0.308 e. The van der Waals surface area contributed by atoms with E-state index in [1.54, 1.807) is 13.8 Å². The Morgan fingerprint density at radius 3 is 2.54 bits per heavy atom. The summed E-state index contributed by atoms with van der Waals surface area (Å²) in [6, 6.07) is 4.25. The molecule has 15 nitrogen and oxygen atoms in total. The monoisotopic (exact) mass is 697 g/mol. The Hall–Kier alpha value is -3.96. The largest absolute Gasteiger partial charge is 0.507 e. The van der Waals surface area contributed by atoms with Crippen LogP contribution in [-0.2, 0) is 44.4 Å². The van der Waals surface area contributed by atoms with Crippen molar-refractivity contribution in [3.05, 3.63) is 51.6 Å². The summed E-state index contributed by atoms with van der Waals surface area (Å²) < 4.78 is 40.3. The summed E-state index contributed by atoms with van der Waals surface area (Å²) in [6.45, 7) is 3.53. The van der Waals surface area contributed by atoms with Crippen LogP contribution < -0.4 is 4.74 Å². The second-order valence-electron chi connectivity index (χ2n) is 13.4. The first-order valence-electron chi connectivity index (χ1n) is 16.5. The van der Waals surface area contributed by atoms with E-state index in [2.05, 4.69) is 4.90 Å². The predicted octanol–water partition coefficient (Wildman–Crippen LogP) is 1.53. The van der Waals surface area contributed by atoms with Gasteiger partial charge in [0.05, 0.1) is 55.1 Å². The van der Waals surface area contributed by atoms with Crippen LogP contribution in [0.15, 0.2) is 18.2 Å². The van der Waals surface area contributed by atoms with Crippen LogP contribution in [0.25, 0.3) is 0 Å². The highest BCUT2D eigenvalue weighted by molar-refractivity contribution is 6.31. The lowest BCUT2D eigenvalue weighted by Crippen LogP contribution is -2.54. The van der Waals surface area contributed by atoms with Crippen LogP contribution in [0.5, 0.6) is 17.2 Å². The maximum Gasteiger partial charge on any atom is 0.308 e. The number of methoxy groups -OCH3 is 2. The number of carbonyl (C=O) groups excluding carboxylic acids is 4. The number of ether oxygens (including phenoxy) is 7. The van der Waals surface area contributed by atoms with E-state index in [0.29, 0.717) is 13.2 Å². The second-order valence-corrected chi connectivity index (χ2v) is 13.4. The van der Waals surface area contributed by atoms with Crippen molar-refractivity contribution < 1.29 is 67.7 Å². The highest BCUT2D eigenvalue weighted by Crippen LogP contribution is 2.53. The zero-order valence-corrected chi connectivity index (χ0v) is 28.0. The summed E-state index contributed by atoms with van der Waals surface area (Å²) >= 11 is 0. The third-order valence-electron chi connectivity index (χ3n) is 10.2.